The summed E-state index contributed by atoms with van der Waals surface area (Å²) in [7, 11) is 0. The first-order valence-electron chi connectivity index (χ1n) is 6.67. The number of nitrogens with one attached hydrogen (secondary N) is 1. The Bertz CT molecular complexity index is 345. The molecule has 0 saturated carbocycles. The quantitative estimate of drug-likeness (QED) is 0.867. The van der Waals surface area contributed by atoms with Gasteiger partial charge in [-0.15, -0.1) is 0 Å². The molecule has 0 amide bonds. The standard InChI is InChI=1S/C15H23NS/c1-12-6-5-7-14(10-12)13(2)16-11-15-8-3-4-9-17-15/h5-7,10,13,15-16H,3-4,8-9,11H2,1-2H3. The van der Waals surface area contributed by atoms with Gasteiger partial charge >= 0.3 is 0 Å². The molecule has 1 N–H and O–H groups in total. The van der Waals surface area contributed by atoms with Gasteiger partial charge in [0.05, 0.1) is 0 Å². The summed E-state index contributed by atoms with van der Waals surface area (Å²) < 4.78 is 0. The molecule has 1 aliphatic heterocycles. The van der Waals surface area contributed by atoms with Crippen molar-refractivity contribution in [3.63, 3.8) is 0 Å². The SMILES string of the molecule is Cc1cccc(C(C)NCC2CCCCS2)c1. The summed E-state index contributed by atoms with van der Waals surface area (Å²) >= 11 is 2.14. The van der Waals surface area contributed by atoms with Crippen LogP contribution in [0.5, 0.6) is 0 Å². The number of rotatable bonds is 4. The molecule has 2 rings (SSSR count). The van der Waals surface area contributed by atoms with Gasteiger partial charge in [-0.05, 0) is 38.0 Å². The van der Waals surface area contributed by atoms with E-state index in [-0.39, 0.29) is 0 Å². The third-order valence-corrected chi connectivity index (χ3v) is 4.87. The molecule has 1 nitrogen and oxygen atoms in total. The monoisotopic (exact) mass is 249 g/mol. The topological polar surface area (TPSA) is 12.0 Å². The molecule has 2 atom stereocenters. The highest BCUT2D eigenvalue weighted by Gasteiger charge is 2.14. The van der Waals surface area contributed by atoms with Crippen LogP contribution >= 0.6 is 11.8 Å². The Morgan fingerprint density at radius 2 is 2.29 bits per heavy atom. The summed E-state index contributed by atoms with van der Waals surface area (Å²) in [4.78, 5) is 0. The second kappa shape index (κ2) is 6.46. The van der Waals surface area contributed by atoms with Gasteiger partial charge in [-0.2, -0.15) is 11.8 Å². The van der Waals surface area contributed by atoms with Crippen molar-refractivity contribution in [2.75, 3.05) is 12.3 Å². The van der Waals surface area contributed by atoms with E-state index in [0.717, 1.165) is 11.8 Å². The van der Waals surface area contributed by atoms with Crippen molar-refractivity contribution in [1.82, 2.24) is 5.32 Å². The van der Waals surface area contributed by atoms with Crippen LogP contribution in [0.4, 0.5) is 0 Å². The molecule has 0 aliphatic carbocycles. The van der Waals surface area contributed by atoms with Gasteiger partial charge in [0.1, 0.15) is 0 Å². The van der Waals surface area contributed by atoms with Crippen LogP contribution < -0.4 is 5.32 Å². The first-order chi connectivity index (χ1) is 8.25. The smallest absolute Gasteiger partial charge is 0.0292 e. The molecule has 2 unspecified atom stereocenters. The molecule has 0 bridgehead atoms. The lowest BCUT2D eigenvalue weighted by atomic mass is 10.1. The van der Waals surface area contributed by atoms with Crippen molar-refractivity contribution >= 4 is 11.8 Å². The maximum atomic E-state index is 3.68. The van der Waals surface area contributed by atoms with E-state index < -0.39 is 0 Å². The van der Waals surface area contributed by atoms with E-state index in [1.165, 1.54) is 36.1 Å². The van der Waals surface area contributed by atoms with Crippen LogP contribution in [0.2, 0.25) is 0 Å². The fraction of sp³-hybridized carbons (Fsp3) is 0.600. The zero-order valence-electron chi connectivity index (χ0n) is 10.9. The Labute approximate surface area is 109 Å². The summed E-state index contributed by atoms with van der Waals surface area (Å²) in [5.41, 5.74) is 2.76. The number of thioether (sulfide) groups is 1. The largest absolute Gasteiger partial charge is 0.309 e. The summed E-state index contributed by atoms with van der Waals surface area (Å²) in [6.45, 7) is 5.58. The highest BCUT2D eigenvalue weighted by atomic mass is 32.2. The predicted molar refractivity (Wildman–Crippen MR) is 77.7 cm³/mol. The Kier molecular flexibility index (Phi) is 4.93. The van der Waals surface area contributed by atoms with E-state index >= 15 is 0 Å². The highest BCUT2D eigenvalue weighted by Crippen LogP contribution is 2.25. The van der Waals surface area contributed by atoms with E-state index in [2.05, 4.69) is 55.2 Å². The minimum Gasteiger partial charge on any atom is -0.309 e. The molecule has 1 aromatic rings. The summed E-state index contributed by atoms with van der Waals surface area (Å²) in [5, 5.41) is 4.50. The Balaban J connectivity index is 1.82. The van der Waals surface area contributed by atoms with Crippen molar-refractivity contribution in [1.29, 1.82) is 0 Å². The van der Waals surface area contributed by atoms with Gasteiger partial charge in [-0.25, -0.2) is 0 Å². The van der Waals surface area contributed by atoms with Crippen LogP contribution in [0.15, 0.2) is 24.3 Å². The van der Waals surface area contributed by atoms with Crippen LogP contribution in [-0.4, -0.2) is 17.5 Å². The molecule has 1 heterocycles. The molecule has 17 heavy (non-hydrogen) atoms. The second-order valence-electron chi connectivity index (χ2n) is 5.03. The average molecular weight is 249 g/mol. The molecular weight excluding hydrogens is 226 g/mol. The summed E-state index contributed by atoms with van der Waals surface area (Å²) in [5.74, 6) is 1.35. The number of aryl methyl sites for hydroxylation is 1. The van der Waals surface area contributed by atoms with Crippen molar-refractivity contribution < 1.29 is 0 Å². The molecule has 1 saturated heterocycles. The van der Waals surface area contributed by atoms with E-state index in [4.69, 9.17) is 0 Å². The van der Waals surface area contributed by atoms with Gasteiger partial charge in [0.25, 0.3) is 0 Å². The molecule has 2 heteroatoms. The predicted octanol–water partition coefficient (Wildman–Crippen LogP) is 3.93. The molecular formula is C15H23NS. The first-order valence-corrected chi connectivity index (χ1v) is 7.72. The molecule has 1 aliphatic rings. The Morgan fingerprint density at radius 1 is 1.41 bits per heavy atom. The third-order valence-electron chi connectivity index (χ3n) is 3.47. The minimum atomic E-state index is 0.470. The zero-order chi connectivity index (χ0) is 12.1. The molecule has 0 spiro atoms. The lowest BCUT2D eigenvalue weighted by Gasteiger charge is -2.24. The number of hydrogen-bond donors (Lipinski definition) is 1. The molecule has 1 aromatic carbocycles. The maximum absolute atomic E-state index is 3.68. The minimum absolute atomic E-state index is 0.470. The van der Waals surface area contributed by atoms with Crippen molar-refractivity contribution in [2.45, 2.75) is 44.4 Å². The Hall–Kier alpha value is -0.470. The Morgan fingerprint density at radius 3 is 3.00 bits per heavy atom. The van der Waals surface area contributed by atoms with Gasteiger partial charge in [0.2, 0.25) is 0 Å². The lowest BCUT2D eigenvalue weighted by Crippen LogP contribution is -2.29. The van der Waals surface area contributed by atoms with Gasteiger partial charge in [0, 0.05) is 17.8 Å². The van der Waals surface area contributed by atoms with Crippen LogP contribution in [0.3, 0.4) is 0 Å². The zero-order valence-corrected chi connectivity index (χ0v) is 11.7. The number of benzene rings is 1. The van der Waals surface area contributed by atoms with Gasteiger partial charge in [0.15, 0.2) is 0 Å². The number of hydrogen-bond acceptors (Lipinski definition) is 2. The van der Waals surface area contributed by atoms with Crippen LogP contribution in [0, 0.1) is 6.92 Å². The molecule has 0 radical (unpaired) electrons. The van der Waals surface area contributed by atoms with E-state index in [0.29, 0.717) is 6.04 Å². The van der Waals surface area contributed by atoms with Crippen LogP contribution in [0.25, 0.3) is 0 Å². The highest BCUT2D eigenvalue weighted by molar-refractivity contribution is 7.99. The van der Waals surface area contributed by atoms with Crippen molar-refractivity contribution in [3.05, 3.63) is 35.4 Å². The van der Waals surface area contributed by atoms with E-state index in [1.54, 1.807) is 0 Å². The van der Waals surface area contributed by atoms with E-state index in [1.807, 2.05) is 0 Å². The van der Waals surface area contributed by atoms with Crippen molar-refractivity contribution in [3.8, 4) is 0 Å². The third kappa shape index (κ3) is 4.04. The molecule has 94 valence electrons. The van der Waals surface area contributed by atoms with Crippen LogP contribution in [0.1, 0.15) is 43.4 Å². The van der Waals surface area contributed by atoms with Crippen LogP contribution in [-0.2, 0) is 0 Å². The van der Waals surface area contributed by atoms with Gasteiger partial charge in [-0.3, -0.25) is 0 Å². The second-order valence-corrected chi connectivity index (χ2v) is 6.44. The fourth-order valence-electron chi connectivity index (χ4n) is 2.33. The summed E-state index contributed by atoms with van der Waals surface area (Å²) in [6.07, 6.45) is 4.21. The first kappa shape index (κ1) is 13.0. The molecule has 1 fully saturated rings. The lowest BCUT2D eigenvalue weighted by molar-refractivity contribution is 0.538. The van der Waals surface area contributed by atoms with Crippen molar-refractivity contribution in [2.24, 2.45) is 0 Å². The summed E-state index contributed by atoms with van der Waals surface area (Å²) in [6, 6.07) is 9.29. The molecule has 0 aromatic heterocycles. The maximum Gasteiger partial charge on any atom is 0.0292 e. The van der Waals surface area contributed by atoms with Gasteiger partial charge in [-0.1, -0.05) is 36.2 Å². The normalized spacial score (nSPS) is 22.4. The fourth-order valence-corrected chi connectivity index (χ4v) is 3.59. The van der Waals surface area contributed by atoms with E-state index in [9.17, 15) is 0 Å². The average Bonchev–Trinajstić information content (AvgIpc) is 2.37. The van der Waals surface area contributed by atoms with Gasteiger partial charge < -0.3 is 5.32 Å².